The summed E-state index contributed by atoms with van der Waals surface area (Å²) < 4.78 is 1.59. The first-order valence-electron chi connectivity index (χ1n) is 8.41. The molecule has 2 aromatic heterocycles. The number of aromatic nitrogens is 4. The molecule has 3 heterocycles. The number of hydrogen-bond acceptors (Lipinski definition) is 4. The second-order valence-electron chi connectivity index (χ2n) is 6.50. The lowest BCUT2D eigenvalue weighted by molar-refractivity contribution is 0.396. The highest BCUT2D eigenvalue weighted by Crippen LogP contribution is 2.23. The van der Waals surface area contributed by atoms with E-state index < -0.39 is 0 Å². The number of benzene rings is 1. The van der Waals surface area contributed by atoms with E-state index in [1.807, 2.05) is 18.2 Å². The number of hydrogen-bond donors (Lipinski definition) is 1. The van der Waals surface area contributed by atoms with Crippen LogP contribution >= 0.6 is 0 Å². The van der Waals surface area contributed by atoms with Crippen LogP contribution < -0.4 is 10.5 Å². The molecule has 4 rings (SSSR count). The Hall–Kier alpha value is -2.63. The number of rotatable bonds is 3. The van der Waals surface area contributed by atoms with Gasteiger partial charge in [-0.1, -0.05) is 12.1 Å². The van der Waals surface area contributed by atoms with E-state index in [1.165, 1.54) is 0 Å². The Morgan fingerprint density at radius 2 is 2.04 bits per heavy atom. The molecule has 6 nitrogen and oxygen atoms in total. The summed E-state index contributed by atoms with van der Waals surface area (Å²) in [6.45, 7) is 1.74. The van der Waals surface area contributed by atoms with E-state index in [-0.39, 0.29) is 5.56 Å². The average molecular weight is 323 g/mol. The Morgan fingerprint density at radius 1 is 1.25 bits per heavy atom. The zero-order valence-electron chi connectivity index (χ0n) is 13.8. The van der Waals surface area contributed by atoms with Crippen LogP contribution in [-0.2, 0) is 13.5 Å². The molecule has 1 saturated heterocycles. The quantitative estimate of drug-likeness (QED) is 0.802. The first-order chi connectivity index (χ1) is 11.7. The number of nitrogens with one attached hydrogen (secondary N) is 1. The van der Waals surface area contributed by atoms with Crippen molar-refractivity contribution >= 4 is 16.9 Å². The highest BCUT2D eigenvalue weighted by atomic mass is 16.1. The molecule has 3 aromatic rings. The molecule has 1 fully saturated rings. The Bertz CT molecular complexity index is 872. The van der Waals surface area contributed by atoms with E-state index in [0.29, 0.717) is 11.7 Å². The Balaban J connectivity index is 1.42. The third-order valence-electron chi connectivity index (χ3n) is 4.83. The van der Waals surface area contributed by atoms with Gasteiger partial charge in [0, 0.05) is 39.0 Å². The fourth-order valence-electron chi connectivity index (χ4n) is 3.43. The van der Waals surface area contributed by atoms with E-state index in [2.05, 4.69) is 25.9 Å². The maximum absolute atomic E-state index is 12.2. The molecule has 1 aliphatic heterocycles. The molecule has 1 N–H and O–H groups in total. The Labute approximate surface area is 140 Å². The normalized spacial score (nSPS) is 16.0. The monoisotopic (exact) mass is 323 g/mol. The summed E-state index contributed by atoms with van der Waals surface area (Å²) in [6.07, 6.45) is 6.45. The van der Waals surface area contributed by atoms with E-state index in [1.54, 1.807) is 24.0 Å². The molecule has 6 heteroatoms. The van der Waals surface area contributed by atoms with Gasteiger partial charge in [0.25, 0.3) is 5.56 Å². The van der Waals surface area contributed by atoms with Crippen LogP contribution in [0.2, 0.25) is 0 Å². The molecular formula is C18H21N5O. The summed E-state index contributed by atoms with van der Waals surface area (Å²) >= 11 is 0. The first kappa shape index (κ1) is 14.9. The Kier molecular flexibility index (Phi) is 3.80. The SMILES string of the molecule is Cn1ccnc(N2CCC(Cc3nc4ccccc4[nH]3)CC2)c1=O. The number of aromatic amines is 1. The van der Waals surface area contributed by atoms with Crippen molar-refractivity contribution in [2.45, 2.75) is 19.3 Å². The standard InChI is InChI=1S/C18H21N5O/c1-22-11-8-19-17(18(22)24)23-9-6-13(7-10-23)12-16-20-14-4-2-3-5-15(14)21-16/h2-5,8,11,13H,6-7,9-10,12H2,1H3,(H,20,21). The van der Waals surface area contributed by atoms with E-state index >= 15 is 0 Å². The fourth-order valence-corrected chi connectivity index (χ4v) is 3.43. The van der Waals surface area contributed by atoms with Gasteiger partial charge in [0.1, 0.15) is 5.82 Å². The van der Waals surface area contributed by atoms with Crippen LogP contribution in [0, 0.1) is 5.92 Å². The van der Waals surface area contributed by atoms with E-state index in [9.17, 15) is 4.79 Å². The minimum Gasteiger partial charge on any atom is -0.352 e. The summed E-state index contributed by atoms with van der Waals surface area (Å²) in [6, 6.07) is 8.13. The number of H-pyrrole nitrogens is 1. The number of fused-ring (bicyclic) bond motifs is 1. The average Bonchev–Trinajstić information content (AvgIpc) is 3.00. The predicted octanol–water partition coefficient (Wildman–Crippen LogP) is 2.12. The van der Waals surface area contributed by atoms with Crippen molar-refractivity contribution in [3.63, 3.8) is 0 Å². The molecule has 0 radical (unpaired) electrons. The van der Waals surface area contributed by atoms with Gasteiger partial charge >= 0.3 is 0 Å². The van der Waals surface area contributed by atoms with Crippen LogP contribution in [-0.4, -0.2) is 32.6 Å². The molecule has 0 aliphatic carbocycles. The number of imidazole rings is 1. The maximum Gasteiger partial charge on any atom is 0.293 e. The predicted molar refractivity (Wildman–Crippen MR) is 94.2 cm³/mol. The van der Waals surface area contributed by atoms with Gasteiger partial charge in [-0.3, -0.25) is 4.79 Å². The summed E-state index contributed by atoms with van der Waals surface area (Å²) in [5.74, 6) is 2.22. The number of piperidine rings is 1. The topological polar surface area (TPSA) is 66.8 Å². The molecule has 0 spiro atoms. The molecule has 24 heavy (non-hydrogen) atoms. The van der Waals surface area contributed by atoms with Crippen LogP contribution in [0.3, 0.4) is 0 Å². The van der Waals surface area contributed by atoms with Gasteiger partial charge in [-0.05, 0) is 30.9 Å². The summed E-state index contributed by atoms with van der Waals surface area (Å²) in [5.41, 5.74) is 2.11. The van der Waals surface area contributed by atoms with Crippen LogP contribution in [0.15, 0.2) is 41.5 Å². The van der Waals surface area contributed by atoms with Crippen LogP contribution in [0.5, 0.6) is 0 Å². The van der Waals surface area contributed by atoms with Crippen molar-refractivity contribution in [3.8, 4) is 0 Å². The minimum absolute atomic E-state index is 0.0202. The molecule has 1 aliphatic rings. The lowest BCUT2D eigenvalue weighted by atomic mass is 9.93. The molecule has 0 saturated carbocycles. The molecule has 0 amide bonds. The van der Waals surface area contributed by atoms with Crippen molar-refractivity contribution in [1.82, 2.24) is 19.5 Å². The van der Waals surface area contributed by atoms with Gasteiger partial charge in [-0.2, -0.15) is 0 Å². The van der Waals surface area contributed by atoms with Crippen molar-refractivity contribution in [2.75, 3.05) is 18.0 Å². The van der Waals surface area contributed by atoms with Crippen LogP contribution in [0.25, 0.3) is 11.0 Å². The molecule has 0 bridgehead atoms. The van der Waals surface area contributed by atoms with Gasteiger partial charge in [0.15, 0.2) is 5.82 Å². The largest absolute Gasteiger partial charge is 0.352 e. The van der Waals surface area contributed by atoms with E-state index in [0.717, 1.165) is 49.2 Å². The van der Waals surface area contributed by atoms with Gasteiger partial charge in [0.05, 0.1) is 11.0 Å². The summed E-state index contributed by atoms with van der Waals surface area (Å²) in [7, 11) is 1.77. The van der Waals surface area contributed by atoms with E-state index in [4.69, 9.17) is 0 Å². The van der Waals surface area contributed by atoms with Gasteiger partial charge in [0.2, 0.25) is 0 Å². The lowest BCUT2D eigenvalue weighted by Gasteiger charge is -2.32. The van der Waals surface area contributed by atoms with Gasteiger partial charge in [-0.25, -0.2) is 9.97 Å². The smallest absolute Gasteiger partial charge is 0.293 e. The zero-order valence-corrected chi connectivity index (χ0v) is 13.8. The van der Waals surface area contributed by atoms with Crippen molar-refractivity contribution in [3.05, 3.63) is 52.8 Å². The molecule has 0 atom stereocenters. The number of anilines is 1. The van der Waals surface area contributed by atoms with Gasteiger partial charge in [-0.15, -0.1) is 0 Å². The maximum atomic E-state index is 12.2. The van der Waals surface area contributed by atoms with Crippen molar-refractivity contribution in [1.29, 1.82) is 0 Å². The molecule has 1 aromatic carbocycles. The second-order valence-corrected chi connectivity index (χ2v) is 6.50. The third-order valence-corrected chi connectivity index (χ3v) is 4.83. The first-order valence-corrected chi connectivity index (χ1v) is 8.41. The Morgan fingerprint density at radius 3 is 2.83 bits per heavy atom. The van der Waals surface area contributed by atoms with Crippen LogP contribution in [0.4, 0.5) is 5.82 Å². The minimum atomic E-state index is -0.0202. The number of aryl methyl sites for hydroxylation is 1. The van der Waals surface area contributed by atoms with Gasteiger partial charge < -0.3 is 14.5 Å². The lowest BCUT2D eigenvalue weighted by Crippen LogP contribution is -2.39. The highest BCUT2D eigenvalue weighted by molar-refractivity contribution is 5.74. The second kappa shape index (κ2) is 6.11. The van der Waals surface area contributed by atoms with Crippen molar-refractivity contribution < 1.29 is 0 Å². The zero-order chi connectivity index (χ0) is 16.5. The molecular weight excluding hydrogens is 302 g/mol. The molecule has 0 unspecified atom stereocenters. The number of para-hydroxylation sites is 2. The summed E-state index contributed by atoms with van der Waals surface area (Å²) in [5, 5.41) is 0. The van der Waals surface area contributed by atoms with Crippen LogP contribution in [0.1, 0.15) is 18.7 Å². The number of nitrogens with zero attached hydrogens (tertiary/aromatic N) is 4. The summed E-state index contributed by atoms with van der Waals surface area (Å²) in [4.78, 5) is 26.7. The highest BCUT2D eigenvalue weighted by Gasteiger charge is 2.23. The fraction of sp³-hybridized carbons (Fsp3) is 0.389. The third kappa shape index (κ3) is 2.79. The molecule has 124 valence electrons. The van der Waals surface area contributed by atoms with Crippen molar-refractivity contribution in [2.24, 2.45) is 13.0 Å².